The Bertz CT molecular complexity index is 1340. The molecular weight excluding hydrogens is 861 g/mol. The summed E-state index contributed by atoms with van der Waals surface area (Å²) >= 11 is 0. The number of quaternary nitrogens is 2. The van der Waals surface area contributed by atoms with Crippen molar-refractivity contribution in [3.63, 3.8) is 0 Å². The molecule has 1 aromatic rings. The molecule has 0 aromatic heterocycles. The lowest BCUT2D eigenvalue weighted by atomic mass is 10.0. The normalized spacial score (nSPS) is 12.8. The van der Waals surface area contributed by atoms with E-state index in [9.17, 15) is 19.8 Å². The fraction of sp³-hybridized carbons (Fsp3) is 0.864. The van der Waals surface area contributed by atoms with E-state index in [2.05, 4.69) is 47.4 Å². The number of rotatable bonds is 50. The smallest absolute Gasteiger partial charge is 0.222 e. The molecule has 1 rings (SSSR count). The van der Waals surface area contributed by atoms with Gasteiger partial charge in [-0.15, -0.1) is 0 Å². The third-order valence-electron chi connectivity index (χ3n) is 14.0. The molecule has 10 heteroatoms. The number of amides is 2. The van der Waals surface area contributed by atoms with Crippen molar-refractivity contribution in [2.75, 3.05) is 87.7 Å². The number of ether oxygens (including phenoxy) is 2. The second-order valence-electron chi connectivity index (χ2n) is 22.4. The maximum Gasteiger partial charge on any atom is 0.222 e. The lowest BCUT2D eigenvalue weighted by Gasteiger charge is -2.32. The highest BCUT2D eigenvalue weighted by atomic mass is 16.5. The van der Waals surface area contributed by atoms with Gasteiger partial charge in [0.2, 0.25) is 11.8 Å². The number of likely N-dealkylation sites (N-methyl/N-ethyl adjacent to an activating group) is 2. The minimum Gasteiger partial charge on any atom is -0.491 e. The topological polar surface area (TPSA) is 108 Å². The van der Waals surface area contributed by atoms with E-state index in [1.807, 2.05) is 30.1 Å². The first-order valence-corrected chi connectivity index (χ1v) is 29.1. The van der Waals surface area contributed by atoms with Gasteiger partial charge in [0.15, 0.2) is 0 Å². The minimum atomic E-state index is -0.650. The van der Waals surface area contributed by atoms with Gasteiger partial charge in [-0.3, -0.25) is 9.59 Å². The van der Waals surface area contributed by atoms with Crippen LogP contribution in [0.5, 0.6) is 11.5 Å². The van der Waals surface area contributed by atoms with Crippen molar-refractivity contribution in [1.82, 2.24) is 10.2 Å². The number of hydrogen-bond acceptors (Lipinski definition) is 6. The van der Waals surface area contributed by atoms with Crippen molar-refractivity contribution in [2.45, 2.75) is 244 Å². The van der Waals surface area contributed by atoms with E-state index in [0.29, 0.717) is 52.9 Å². The van der Waals surface area contributed by atoms with Crippen molar-refractivity contribution >= 4 is 11.8 Å². The van der Waals surface area contributed by atoms with Gasteiger partial charge in [-0.2, -0.15) is 0 Å². The van der Waals surface area contributed by atoms with Crippen LogP contribution in [0.4, 0.5) is 0 Å². The summed E-state index contributed by atoms with van der Waals surface area (Å²) in [5.74, 6) is 1.60. The first-order chi connectivity index (χ1) is 33.3. The van der Waals surface area contributed by atoms with Crippen LogP contribution in [0, 0.1) is 0 Å². The summed E-state index contributed by atoms with van der Waals surface area (Å²) < 4.78 is 13.2. The molecule has 1 aromatic carbocycles. The maximum atomic E-state index is 12.8. The number of nitrogens with one attached hydrogen (secondary N) is 1. The molecule has 404 valence electrons. The van der Waals surface area contributed by atoms with Gasteiger partial charge in [0.25, 0.3) is 0 Å². The molecule has 0 spiro atoms. The molecule has 2 unspecified atom stereocenters. The molecule has 69 heavy (non-hydrogen) atoms. The number of carbonyl (C=O) groups excluding carboxylic acids is 2. The van der Waals surface area contributed by atoms with Crippen LogP contribution < -0.4 is 14.8 Å². The van der Waals surface area contributed by atoms with Crippen LogP contribution in [-0.2, 0) is 9.59 Å². The molecule has 0 radical (unpaired) electrons. The van der Waals surface area contributed by atoms with Crippen LogP contribution in [0.3, 0.4) is 0 Å². The van der Waals surface area contributed by atoms with E-state index in [1.165, 1.54) is 167 Å². The van der Waals surface area contributed by atoms with E-state index in [1.54, 1.807) is 6.07 Å². The van der Waals surface area contributed by atoms with Gasteiger partial charge in [0, 0.05) is 51.9 Å². The van der Waals surface area contributed by atoms with Gasteiger partial charge in [-0.05, 0) is 25.0 Å². The molecule has 3 N–H and O–H groups in total. The largest absolute Gasteiger partial charge is 0.491 e. The zero-order chi connectivity index (χ0) is 50.7. The highest BCUT2D eigenvalue weighted by molar-refractivity contribution is 5.76. The predicted molar refractivity (Wildman–Crippen MR) is 292 cm³/mol. The first-order valence-electron chi connectivity index (χ1n) is 29.1. The summed E-state index contributed by atoms with van der Waals surface area (Å²) in [6.07, 6.45) is 41.4. The quantitative estimate of drug-likeness (QED) is 0.0443. The summed E-state index contributed by atoms with van der Waals surface area (Å²) in [6, 6.07) is 7.35. The molecule has 0 heterocycles. The summed E-state index contributed by atoms with van der Waals surface area (Å²) in [5, 5.41) is 24.8. The Hall–Kier alpha value is -2.40. The van der Waals surface area contributed by atoms with Gasteiger partial charge in [-0.1, -0.05) is 200 Å². The van der Waals surface area contributed by atoms with Crippen molar-refractivity contribution in [3.8, 4) is 11.5 Å². The SMILES string of the molecule is CCCCCCCCCCCCCCCCCC(=O)NCCC[N+](C)(C)CC(O)COc1cccc(OCC(O)C[N+](C)(C)CCCN(C)C(=O)CCCCCCCCCCCCCCCCC)c1. The molecule has 0 saturated heterocycles. The molecule has 2 amide bonds. The molecule has 0 aliphatic heterocycles. The fourth-order valence-electron chi connectivity index (χ4n) is 9.65. The Morgan fingerprint density at radius 3 is 1.26 bits per heavy atom. The second kappa shape index (κ2) is 43.2. The van der Waals surface area contributed by atoms with Crippen molar-refractivity contribution < 1.29 is 38.2 Å². The van der Waals surface area contributed by atoms with Crippen LogP contribution in [-0.4, -0.2) is 136 Å². The molecular formula is C59H114N4O6+2. The van der Waals surface area contributed by atoms with E-state index < -0.39 is 12.2 Å². The number of carbonyl (C=O) groups is 2. The third kappa shape index (κ3) is 40.8. The number of nitrogens with zero attached hydrogens (tertiary/aromatic N) is 3. The Morgan fingerprint density at radius 2 is 0.870 bits per heavy atom. The molecule has 0 bridgehead atoms. The van der Waals surface area contributed by atoms with Crippen molar-refractivity contribution in [2.24, 2.45) is 0 Å². The van der Waals surface area contributed by atoms with Gasteiger partial charge < -0.3 is 38.9 Å². The van der Waals surface area contributed by atoms with E-state index in [0.717, 1.165) is 58.2 Å². The lowest BCUT2D eigenvalue weighted by Crippen LogP contribution is -2.48. The van der Waals surface area contributed by atoms with E-state index in [4.69, 9.17) is 9.47 Å². The van der Waals surface area contributed by atoms with Crippen LogP contribution in [0.15, 0.2) is 24.3 Å². The number of hydrogen-bond donors (Lipinski definition) is 3. The Morgan fingerprint density at radius 1 is 0.522 bits per heavy atom. The van der Waals surface area contributed by atoms with E-state index >= 15 is 0 Å². The van der Waals surface area contributed by atoms with Crippen LogP contribution >= 0.6 is 0 Å². The molecule has 0 fully saturated rings. The zero-order valence-corrected chi connectivity index (χ0v) is 46.5. The van der Waals surface area contributed by atoms with Gasteiger partial charge in [0.1, 0.15) is 50.0 Å². The van der Waals surface area contributed by atoms with Gasteiger partial charge >= 0.3 is 0 Å². The summed E-state index contributed by atoms with van der Waals surface area (Å²) in [5.41, 5.74) is 0. The summed E-state index contributed by atoms with van der Waals surface area (Å²) in [7, 11) is 10.3. The van der Waals surface area contributed by atoms with Gasteiger partial charge in [-0.25, -0.2) is 0 Å². The monoisotopic (exact) mass is 975 g/mol. The molecule has 0 aliphatic rings. The van der Waals surface area contributed by atoms with E-state index in [-0.39, 0.29) is 25.0 Å². The van der Waals surface area contributed by atoms with Crippen molar-refractivity contribution in [3.05, 3.63) is 24.3 Å². The molecule has 0 saturated carbocycles. The van der Waals surface area contributed by atoms with Crippen LogP contribution in [0.2, 0.25) is 0 Å². The fourth-order valence-corrected chi connectivity index (χ4v) is 9.65. The molecule has 10 nitrogen and oxygen atoms in total. The minimum absolute atomic E-state index is 0.149. The first kappa shape index (κ1) is 64.6. The summed E-state index contributed by atoms with van der Waals surface area (Å²) in [6.45, 7) is 9.04. The number of benzene rings is 1. The molecule has 2 atom stereocenters. The Labute approximate surface area is 426 Å². The van der Waals surface area contributed by atoms with Crippen LogP contribution in [0.1, 0.15) is 232 Å². The Kier molecular flexibility index (Phi) is 40.5. The van der Waals surface area contributed by atoms with Gasteiger partial charge in [0.05, 0.1) is 41.3 Å². The maximum absolute atomic E-state index is 12.8. The lowest BCUT2D eigenvalue weighted by molar-refractivity contribution is -0.893. The number of unbranched alkanes of at least 4 members (excludes halogenated alkanes) is 28. The highest BCUT2D eigenvalue weighted by Gasteiger charge is 2.23. The standard InChI is InChI=1S/C59H113N4O6/c1-8-10-12-14-16-18-20-22-24-26-28-30-32-34-36-43-58(66)60-45-39-47-62(4,5)50-54(64)52-68-56-41-38-42-57(49-56)69-53-55(65)51-63(6,7)48-40-46-61(3)59(67)44-37-35-33-31-29-27-25-23-21-19-17-15-13-11-9-2/h38,41-42,49,54-55,64-65H,8-37,39-40,43-48,50-53H2,1-7H3/q+1/p+1. The average Bonchev–Trinajstić information content (AvgIpc) is 3.31. The van der Waals surface area contributed by atoms with Crippen LogP contribution in [0.25, 0.3) is 0 Å². The highest BCUT2D eigenvalue weighted by Crippen LogP contribution is 2.21. The summed E-state index contributed by atoms with van der Waals surface area (Å²) in [4.78, 5) is 27.0. The third-order valence-corrected chi connectivity index (χ3v) is 14.0. The second-order valence-corrected chi connectivity index (χ2v) is 22.4. The van der Waals surface area contributed by atoms with Crippen molar-refractivity contribution in [1.29, 1.82) is 0 Å². The predicted octanol–water partition coefficient (Wildman–Crippen LogP) is 13.2. The zero-order valence-electron chi connectivity index (χ0n) is 46.5. The molecule has 0 aliphatic carbocycles. The number of aliphatic hydroxyl groups is 2. The Balaban J connectivity index is 2.13. The number of aliphatic hydroxyl groups excluding tert-OH is 2. The average molecular weight is 976 g/mol.